The van der Waals surface area contributed by atoms with Crippen LogP contribution in [0.5, 0.6) is 11.5 Å². The highest BCUT2D eigenvalue weighted by Crippen LogP contribution is 2.26. The van der Waals surface area contributed by atoms with E-state index in [1.807, 2.05) is 19.1 Å². The average Bonchev–Trinajstić information content (AvgIpc) is 3.40. The van der Waals surface area contributed by atoms with E-state index in [0.717, 1.165) is 22.9 Å². The lowest BCUT2D eigenvalue weighted by atomic mass is 10.2. The van der Waals surface area contributed by atoms with E-state index in [1.165, 1.54) is 14.2 Å². The molecule has 1 amide bonds. The number of benzene rings is 2. The Balaban J connectivity index is 1.55. The number of nitrogens with one attached hydrogen (secondary N) is 1. The maximum Gasteiger partial charge on any atom is 0.257 e. The van der Waals surface area contributed by atoms with Crippen LogP contribution in [-0.2, 0) is 0 Å². The molecule has 0 aliphatic heterocycles. The molecule has 0 atom stereocenters. The van der Waals surface area contributed by atoms with Crippen molar-refractivity contribution in [3.8, 4) is 28.7 Å². The zero-order valence-electron chi connectivity index (χ0n) is 16.8. The number of nitrogens with zero attached hydrogens (tertiary/aromatic N) is 5. The fourth-order valence-corrected chi connectivity index (χ4v) is 3.53. The van der Waals surface area contributed by atoms with Crippen LogP contribution >= 0.6 is 23.1 Å². The molecule has 158 valence electrons. The zero-order valence-corrected chi connectivity index (χ0v) is 18.4. The Morgan fingerprint density at radius 3 is 2.42 bits per heavy atom. The first kappa shape index (κ1) is 20.8. The van der Waals surface area contributed by atoms with Crippen molar-refractivity contribution in [3.05, 3.63) is 58.7 Å². The minimum absolute atomic E-state index is 0.335. The number of amides is 1. The second-order valence-corrected chi connectivity index (χ2v) is 7.58. The highest BCUT2D eigenvalue weighted by molar-refractivity contribution is 7.10. The number of rotatable bonds is 6. The highest BCUT2D eigenvalue weighted by Gasteiger charge is 2.18. The van der Waals surface area contributed by atoms with E-state index in [0.29, 0.717) is 38.7 Å². The van der Waals surface area contributed by atoms with Crippen molar-refractivity contribution >= 4 is 34.2 Å². The summed E-state index contributed by atoms with van der Waals surface area (Å²) in [6.45, 7) is 1.87. The van der Waals surface area contributed by atoms with Gasteiger partial charge in [0.15, 0.2) is 11.5 Å². The summed E-state index contributed by atoms with van der Waals surface area (Å²) in [5.41, 5.74) is 2.47. The van der Waals surface area contributed by atoms with Gasteiger partial charge in [-0.05, 0) is 43.3 Å². The van der Waals surface area contributed by atoms with Gasteiger partial charge < -0.3 is 9.47 Å². The Morgan fingerprint density at radius 1 is 1.10 bits per heavy atom. The van der Waals surface area contributed by atoms with Gasteiger partial charge in [-0.2, -0.15) is 9.36 Å². The molecule has 31 heavy (non-hydrogen) atoms. The summed E-state index contributed by atoms with van der Waals surface area (Å²) in [6, 6.07) is 12.2. The van der Waals surface area contributed by atoms with Crippen LogP contribution in [0.4, 0.5) is 5.13 Å². The number of ether oxygens (including phenoxy) is 2. The monoisotopic (exact) mass is 456 g/mol. The van der Waals surface area contributed by atoms with Crippen molar-refractivity contribution in [2.45, 2.75) is 6.92 Å². The van der Waals surface area contributed by atoms with Crippen LogP contribution in [-0.4, -0.2) is 44.5 Å². The molecular weight excluding hydrogens is 440 g/mol. The van der Waals surface area contributed by atoms with E-state index >= 15 is 0 Å². The molecule has 0 radical (unpaired) electrons. The van der Waals surface area contributed by atoms with Gasteiger partial charge in [-0.15, -0.1) is 5.10 Å². The van der Waals surface area contributed by atoms with Gasteiger partial charge in [-0.25, -0.2) is 4.68 Å². The smallest absolute Gasteiger partial charge is 0.257 e. The SMILES string of the molecule is COc1cc(OC)cc(C(=O)Nc2nc(-c3nnn(-c4ccc(Cl)cc4)c3C)ns2)c1. The van der Waals surface area contributed by atoms with Crippen LogP contribution in [0.25, 0.3) is 17.2 Å². The largest absolute Gasteiger partial charge is 0.497 e. The van der Waals surface area contributed by atoms with E-state index in [1.54, 1.807) is 35.0 Å². The summed E-state index contributed by atoms with van der Waals surface area (Å²) in [5, 5.41) is 12.1. The Hall–Kier alpha value is -3.50. The lowest BCUT2D eigenvalue weighted by Gasteiger charge is -2.07. The summed E-state index contributed by atoms with van der Waals surface area (Å²) in [6.07, 6.45) is 0. The van der Waals surface area contributed by atoms with Gasteiger partial charge in [0.25, 0.3) is 5.91 Å². The number of carbonyl (C=O) groups is 1. The Morgan fingerprint density at radius 2 is 1.77 bits per heavy atom. The highest BCUT2D eigenvalue weighted by atomic mass is 35.5. The number of hydrogen-bond donors (Lipinski definition) is 1. The molecule has 2 aromatic heterocycles. The molecule has 0 fully saturated rings. The lowest BCUT2D eigenvalue weighted by molar-refractivity contribution is 0.102. The summed E-state index contributed by atoms with van der Waals surface area (Å²) >= 11 is 7.00. The molecule has 4 rings (SSSR count). The van der Waals surface area contributed by atoms with Crippen LogP contribution in [0.2, 0.25) is 5.02 Å². The number of aromatic nitrogens is 5. The van der Waals surface area contributed by atoms with Gasteiger partial charge in [-0.1, -0.05) is 16.8 Å². The molecule has 0 aliphatic carbocycles. The summed E-state index contributed by atoms with van der Waals surface area (Å²) < 4.78 is 16.4. The number of anilines is 1. The molecule has 9 nitrogen and oxygen atoms in total. The van der Waals surface area contributed by atoms with E-state index in [9.17, 15) is 4.79 Å². The third-order valence-electron chi connectivity index (χ3n) is 4.44. The van der Waals surface area contributed by atoms with Gasteiger partial charge in [0.05, 0.1) is 25.6 Å². The predicted octanol–water partition coefficient (Wildman–Crippen LogP) is 4.02. The van der Waals surface area contributed by atoms with Crippen LogP contribution in [0.15, 0.2) is 42.5 Å². The van der Waals surface area contributed by atoms with Crippen molar-refractivity contribution in [2.24, 2.45) is 0 Å². The average molecular weight is 457 g/mol. The summed E-state index contributed by atoms with van der Waals surface area (Å²) in [4.78, 5) is 17.0. The third-order valence-corrected chi connectivity index (χ3v) is 5.32. The van der Waals surface area contributed by atoms with Gasteiger partial charge in [0, 0.05) is 28.2 Å². The zero-order chi connectivity index (χ0) is 22.0. The van der Waals surface area contributed by atoms with E-state index in [-0.39, 0.29) is 5.91 Å². The van der Waals surface area contributed by atoms with Crippen molar-refractivity contribution in [2.75, 3.05) is 19.5 Å². The maximum atomic E-state index is 12.7. The quantitative estimate of drug-likeness (QED) is 0.467. The number of halogens is 1. The molecule has 0 bridgehead atoms. The number of hydrogen-bond acceptors (Lipinski definition) is 8. The summed E-state index contributed by atoms with van der Waals surface area (Å²) in [7, 11) is 3.04. The Bertz CT molecular complexity index is 1220. The van der Waals surface area contributed by atoms with Gasteiger partial charge in [0.1, 0.15) is 11.5 Å². The van der Waals surface area contributed by atoms with E-state index < -0.39 is 0 Å². The normalized spacial score (nSPS) is 10.7. The van der Waals surface area contributed by atoms with Crippen LogP contribution in [0.3, 0.4) is 0 Å². The van der Waals surface area contributed by atoms with Crippen molar-refractivity contribution in [1.29, 1.82) is 0 Å². The molecule has 11 heteroatoms. The van der Waals surface area contributed by atoms with Gasteiger partial charge >= 0.3 is 0 Å². The van der Waals surface area contributed by atoms with Crippen LogP contribution in [0, 0.1) is 6.92 Å². The first-order valence-electron chi connectivity index (χ1n) is 9.05. The second kappa shape index (κ2) is 8.70. The Kier molecular flexibility index (Phi) is 5.83. The van der Waals surface area contributed by atoms with Gasteiger partial charge in [0.2, 0.25) is 5.13 Å². The van der Waals surface area contributed by atoms with Crippen LogP contribution in [0.1, 0.15) is 16.1 Å². The third kappa shape index (κ3) is 4.35. The molecule has 2 aromatic carbocycles. The molecule has 0 aliphatic rings. The lowest BCUT2D eigenvalue weighted by Crippen LogP contribution is -2.12. The number of methoxy groups -OCH3 is 2. The minimum Gasteiger partial charge on any atom is -0.497 e. The molecule has 1 N–H and O–H groups in total. The van der Waals surface area contributed by atoms with E-state index in [4.69, 9.17) is 21.1 Å². The van der Waals surface area contributed by atoms with Crippen molar-refractivity contribution in [1.82, 2.24) is 24.4 Å². The van der Waals surface area contributed by atoms with Crippen LogP contribution < -0.4 is 14.8 Å². The molecule has 4 aromatic rings. The molecule has 0 saturated carbocycles. The standard InChI is InChI=1S/C20H17ClN6O3S/c1-11-17(24-26-27(11)14-6-4-13(21)5-7-14)18-22-20(31-25-18)23-19(28)12-8-15(29-2)10-16(9-12)30-3/h4-10H,1-3H3,(H,22,23,25,28). The molecule has 0 unspecified atom stereocenters. The van der Waals surface area contributed by atoms with Crippen molar-refractivity contribution < 1.29 is 14.3 Å². The Labute approximate surface area is 186 Å². The fourth-order valence-electron chi connectivity index (χ4n) is 2.84. The molecule has 0 saturated heterocycles. The molecule has 2 heterocycles. The van der Waals surface area contributed by atoms with Crippen molar-refractivity contribution in [3.63, 3.8) is 0 Å². The minimum atomic E-state index is -0.360. The first-order valence-corrected chi connectivity index (χ1v) is 10.2. The first-order chi connectivity index (χ1) is 15.0. The number of carbonyl (C=O) groups excluding carboxylic acids is 1. The summed E-state index contributed by atoms with van der Waals surface area (Å²) in [5.74, 6) is 1.04. The molecular formula is C20H17ClN6O3S. The fraction of sp³-hybridized carbons (Fsp3) is 0.150. The second-order valence-electron chi connectivity index (χ2n) is 6.39. The topological polar surface area (TPSA) is 104 Å². The maximum absolute atomic E-state index is 12.7. The predicted molar refractivity (Wildman–Crippen MR) is 118 cm³/mol. The molecule has 0 spiro atoms. The van der Waals surface area contributed by atoms with E-state index in [2.05, 4.69) is 25.0 Å². The van der Waals surface area contributed by atoms with Gasteiger partial charge in [-0.3, -0.25) is 10.1 Å².